The maximum absolute atomic E-state index is 10.9. The first-order valence-electron chi connectivity index (χ1n) is 6.56. The van der Waals surface area contributed by atoms with Gasteiger partial charge in [-0.2, -0.15) is 0 Å². The Morgan fingerprint density at radius 2 is 2.15 bits per heavy atom. The Morgan fingerprint density at radius 3 is 2.85 bits per heavy atom. The second-order valence-electron chi connectivity index (χ2n) is 4.91. The Kier molecular flexibility index (Phi) is 4.69. The van der Waals surface area contributed by atoms with Crippen molar-refractivity contribution < 1.29 is 4.79 Å². The molecule has 0 aliphatic rings. The van der Waals surface area contributed by atoms with Crippen LogP contribution in [0, 0.1) is 0 Å². The molecule has 3 nitrogen and oxygen atoms in total. The van der Waals surface area contributed by atoms with E-state index in [2.05, 4.69) is 54.5 Å². The molecular formula is C16H18N2OS. The Morgan fingerprint density at radius 1 is 1.35 bits per heavy atom. The number of carbonyl (C=O) groups excluding carboxylic acids is 1. The van der Waals surface area contributed by atoms with E-state index in [0.29, 0.717) is 11.0 Å². The topological polar surface area (TPSA) is 42.0 Å². The first kappa shape index (κ1) is 14.5. The molecule has 20 heavy (non-hydrogen) atoms. The fraction of sp³-hybridized carbons (Fsp3) is 0.250. The van der Waals surface area contributed by atoms with Gasteiger partial charge in [0, 0.05) is 18.0 Å². The summed E-state index contributed by atoms with van der Waals surface area (Å²) in [6.07, 6.45) is 5.85. The number of benzene rings is 1. The van der Waals surface area contributed by atoms with E-state index >= 15 is 0 Å². The summed E-state index contributed by atoms with van der Waals surface area (Å²) in [7, 11) is 0. The van der Waals surface area contributed by atoms with Crippen LogP contribution in [0.5, 0.6) is 0 Å². The molecule has 0 bridgehead atoms. The molecule has 1 amide bonds. The number of rotatable bonds is 4. The molecule has 0 saturated carbocycles. The van der Waals surface area contributed by atoms with E-state index in [9.17, 15) is 4.79 Å². The first-order chi connectivity index (χ1) is 9.54. The summed E-state index contributed by atoms with van der Waals surface area (Å²) in [4.78, 5) is 16.1. The third kappa shape index (κ3) is 4.03. The largest absolute Gasteiger partial charge is 0.302 e. The van der Waals surface area contributed by atoms with E-state index in [-0.39, 0.29) is 5.91 Å². The van der Waals surface area contributed by atoms with Crippen LogP contribution in [-0.4, -0.2) is 10.9 Å². The number of anilines is 1. The second kappa shape index (κ2) is 6.48. The van der Waals surface area contributed by atoms with Gasteiger partial charge in [-0.05, 0) is 23.1 Å². The van der Waals surface area contributed by atoms with Gasteiger partial charge < -0.3 is 5.32 Å². The molecule has 0 atom stereocenters. The molecule has 2 aromatic rings. The SMILES string of the molecule is CC(=O)Nc1ncc(/C=C/c2cccc(C(C)C)c2)s1. The van der Waals surface area contributed by atoms with Crippen LogP contribution >= 0.6 is 11.3 Å². The lowest BCUT2D eigenvalue weighted by Gasteiger charge is -2.05. The molecular weight excluding hydrogens is 268 g/mol. The molecule has 0 aliphatic carbocycles. The monoisotopic (exact) mass is 286 g/mol. The summed E-state index contributed by atoms with van der Waals surface area (Å²) < 4.78 is 0. The Labute approximate surface area is 123 Å². The van der Waals surface area contributed by atoms with Crippen molar-refractivity contribution in [2.75, 3.05) is 5.32 Å². The highest BCUT2D eigenvalue weighted by Crippen LogP contribution is 2.21. The molecule has 0 radical (unpaired) electrons. The maximum Gasteiger partial charge on any atom is 0.223 e. The summed E-state index contributed by atoms with van der Waals surface area (Å²) in [6.45, 7) is 5.85. The molecule has 4 heteroatoms. The molecule has 1 aromatic carbocycles. The minimum absolute atomic E-state index is 0.0977. The average Bonchev–Trinajstić information content (AvgIpc) is 2.83. The number of nitrogens with zero attached hydrogens (tertiary/aromatic N) is 1. The second-order valence-corrected chi connectivity index (χ2v) is 5.97. The number of amides is 1. The van der Waals surface area contributed by atoms with E-state index in [0.717, 1.165) is 4.88 Å². The molecule has 104 valence electrons. The fourth-order valence-corrected chi connectivity index (χ4v) is 2.54. The highest BCUT2D eigenvalue weighted by Gasteiger charge is 2.01. The van der Waals surface area contributed by atoms with Gasteiger partial charge in [0.2, 0.25) is 5.91 Å². The van der Waals surface area contributed by atoms with Crippen LogP contribution in [0.1, 0.15) is 42.7 Å². The Bertz CT molecular complexity index is 629. The van der Waals surface area contributed by atoms with Crippen molar-refractivity contribution in [3.8, 4) is 0 Å². The van der Waals surface area contributed by atoms with Crippen molar-refractivity contribution in [2.24, 2.45) is 0 Å². The molecule has 0 unspecified atom stereocenters. The zero-order valence-corrected chi connectivity index (χ0v) is 12.7. The van der Waals surface area contributed by atoms with Gasteiger partial charge in [-0.25, -0.2) is 4.98 Å². The highest BCUT2D eigenvalue weighted by molar-refractivity contribution is 7.16. The first-order valence-corrected chi connectivity index (χ1v) is 7.37. The van der Waals surface area contributed by atoms with Crippen molar-refractivity contribution in [3.63, 3.8) is 0 Å². The standard InChI is InChI=1S/C16H18N2OS/c1-11(2)14-6-4-5-13(9-14)7-8-15-10-17-16(20-15)18-12(3)19/h4-11H,1-3H3,(H,17,18,19)/b8-7+. The maximum atomic E-state index is 10.9. The third-order valence-electron chi connectivity index (χ3n) is 2.82. The van der Waals surface area contributed by atoms with Crippen LogP contribution in [0.4, 0.5) is 5.13 Å². The fourth-order valence-electron chi connectivity index (χ4n) is 1.77. The van der Waals surface area contributed by atoms with Gasteiger partial charge in [-0.1, -0.05) is 55.5 Å². The van der Waals surface area contributed by atoms with Gasteiger partial charge in [0.25, 0.3) is 0 Å². The lowest BCUT2D eigenvalue weighted by molar-refractivity contribution is -0.114. The minimum Gasteiger partial charge on any atom is -0.302 e. The quantitative estimate of drug-likeness (QED) is 0.905. The van der Waals surface area contributed by atoms with Gasteiger partial charge >= 0.3 is 0 Å². The summed E-state index contributed by atoms with van der Waals surface area (Å²) in [6, 6.07) is 8.49. The van der Waals surface area contributed by atoms with Crippen LogP contribution in [0.3, 0.4) is 0 Å². The number of carbonyl (C=O) groups is 1. The number of hydrogen-bond donors (Lipinski definition) is 1. The molecule has 0 aliphatic heterocycles. The van der Waals surface area contributed by atoms with Crippen LogP contribution in [0.15, 0.2) is 30.5 Å². The average molecular weight is 286 g/mol. The van der Waals surface area contributed by atoms with E-state index in [1.807, 2.05) is 6.08 Å². The molecule has 1 heterocycles. The van der Waals surface area contributed by atoms with Gasteiger partial charge in [0.05, 0.1) is 0 Å². The summed E-state index contributed by atoms with van der Waals surface area (Å²) in [5, 5.41) is 3.31. The van der Waals surface area contributed by atoms with Gasteiger partial charge in [0.15, 0.2) is 5.13 Å². The molecule has 0 saturated heterocycles. The molecule has 1 N–H and O–H groups in total. The molecule has 0 fully saturated rings. The van der Waals surface area contributed by atoms with Gasteiger partial charge in [-0.3, -0.25) is 4.79 Å². The number of thiazole rings is 1. The Hall–Kier alpha value is -1.94. The molecule has 0 spiro atoms. The minimum atomic E-state index is -0.0977. The molecule has 2 rings (SSSR count). The van der Waals surface area contributed by atoms with Gasteiger partial charge in [0.1, 0.15) is 0 Å². The highest BCUT2D eigenvalue weighted by atomic mass is 32.1. The van der Waals surface area contributed by atoms with E-state index in [1.165, 1.54) is 29.4 Å². The normalized spacial score (nSPS) is 11.2. The lowest BCUT2D eigenvalue weighted by Crippen LogP contribution is -2.04. The number of hydrogen-bond acceptors (Lipinski definition) is 3. The van der Waals surface area contributed by atoms with Crippen molar-refractivity contribution in [1.82, 2.24) is 4.98 Å². The third-order valence-corrected chi connectivity index (χ3v) is 3.70. The van der Waals surface area contributed by atoms with Crippen molar-refractivity contribution in [1.29, 1.82) is 0 Å². The predicted octanol–water partition coefficient (Wildman–Crippen LogP) is 4.40. The smallest absolute Gasteiger partial charge is 0.223 e. The van der Waals surface area contributed by atoms with E-state index in [4.69, 9.17) is 0 Å². The zero-order chi connectivity index (χ0) is 14.5. The Balaban J connectivity index is 2.11. The van der Waals surface area contributed by atoms with E-state index < -0.39 is 0 Å². The van der Waals surface area contributed by atoms with Crippen molar-refractivity contribution in [3.05, 3.63) is 46.5 Å². The summed E-state index contributed by atoms with van der Waals surface area (Å²) in [5.74, 6) is 0.428. The lowest BCUT2D eigenvalue weighted by atomic mass is 10.0. The van der Waals surface area contributed by atoms with Crippen molar-refractivity contribution in [2.45, 2.75) is 26.7 Å². The molecule has 1 aromatic heterocycles. The summed E-state index contributed by atoms with van der Waals surface area (Å²) in [5.41, 5.74) is 2.50. The van der Waals surface area contributed by atoms with Crippen LogP contribution in [0.25, 0.3) is 12.2 Å². The number of nitrogens with one attached hydrogen (secondary N) is 1. The van der Waals surface area contributed by atoms with Crippen LogP contribution in [-0.2, 0) is 4.79 Å². The van der Waals surface area contributed by atoms with Crippen molar-refractivity contribution >= 4 is 34.5 Å². The van der Waals surface area contributed by atoms with E-state index in [1.54, 1.807) is 6.20 Å². The van der Waals surface area contributed by atoms with Crippen LogP contribution in [0.2, 0.25) is 0 Å². The van der Waals surface area contributed by atoms with Crippen LogP contribution < -0.4 is 5.32 Å². The predicted molar refractivity (Wildman–Crippen MR) is 85.9 cm³/mol. The zero-order valence-electron chi connectivity index (χ0n) is 11.9. The summed E-state index contributed by atoms with van der Waals surface area (Å²) >= 11 is 1.46. The van der Waals surface area contributed by atoms with Gasteiger partial charge in [-0.15, -0.1) is 0 Å². The number of aromatic nitrogens is 1.